The Morgan fingerprint density at radius 2 is 1.97 bits per heavy atom. The van der Waals surface area contributed by atoms with Crippen molar-refractivity contribution in [2.45, 2.75) is 44.2 Å². The van der Waals surface area contributed by atoms with Crippen LogP contribution in [0.5, 0.6) is 0 Å². The number of methoxy groups -OCH3 is 1. The molecule has 1 amide bonds. The average Bonchev–Trinajstić information content (AvgIpc) is 3.25. The number of hydrogen-bond acceptors (Lipinski definition) is 5. The second kappa shape index (κ2) is 10.1. The Balaban J connectivity index is 1.40. The van der Waals surface area contributed by atoms with E-state index in [2.05, 4.69) is 9.97 Å². The van der Waals surface area contributed by atoms with E-state index < -0.39 is 0 Å². The summed E-state index contributed by atoms with van der Waals surface area (Å²) in [6.07, 6.45) is 8.77. The van der Waals surface area contributed by atoms with Gasteiger partial charge in [0.2, 0.25) is 0 Å². The minimum absolute atomic E-state index is 0.131. The maximum Gasteiger partial charge on any atom is 0.410 e. The van der Waals surface area contributed by atoms with Gasteiger partial charge in [0.25, 0.3) is 0 Å². The Bertz CT molecular complexity index is 1000. The number of rotatable bonds is 7. The fraction of sp³-hybridized carbons (Fsp3) is 0.435. The molecule has 1 fully saturated rings. The second-order valence-corrected chi connectivity index (χ2v) is 8.18. The normalized spacial score (nSPS) is 18.8. The van der Waals surface area contributed by atoms with Crippen LogP contribution in [0.2, 0.25) is 5.15 Å². The number of carbonyl (C=O) groups excluding carboxylic acids is 1. The number of hydrogen-bond donors (Lipinski definition) is 0. The predicted molar refractivity (Wildman–Crippen MR) is 118 cm³/mol. The van der Waals surface area contributed by atoms with Crippen LogP contribution in [0.25, 0.3) is 5.52 Å². The van der Waals surface area contributed by atoms with Crippen LogP contribution < -0.4 is 0 Å². The van der Waals surface area contributed by atoms with E-state index in [0.717, 1.165) is 42.6 Å². The Morgan fingerprint density at radius 3 is 2.71 bits per heavy atom. The number of benzene rings is 1. The lowest BCUT2D eigenvalue weighted by molar-refractivity contribution is 0.0556. The van der Waals surface area contributed by atoms with Gasteiger partial charge in [-0.05, 0) is 31.2 Å². The zero-order valence-electron chi connectivity index (χ0n) is 17.6. The van der Waals surface area contributed by atoms with E-state index in [0.29, 0.717) is 24.2 Å². The number of carbonyl (C=O) groups is 1. The Hall–Kier alpha value is -2.64. The maximum atomic E-state index is 12.9. The number of fused-ring (bicyclic) bond motifs is 1. The first kappa shape index (κ1) is 21.6. The molecule has 1 saturated carbocycles. The smallest absolute Gasteiger partial charge is 0.410 e. The number of halogens is 1. The van der Waals surface area contributed by atoms with Crippen molar-refractivity contribution in [3.63, 3.8) is 0 Å². The topological polar surface area (TPSA) is 69.0 Å². The summed E-state index contributed by atoms with van der Waals surface area (Å²) in [6.45, 7) is 1.27. The second-order valence-electron chi connectivity index (χ2n) is 7.82. The van der Waals surface area contributed by atoms with Crippen LogP contribution >= 0.6 is 11.6 Å². The maximum absolute atomic E-state index is 12.9. The third kappa shape index (κ3) is 4.99. The SMILES string of the molecule is COCCN(C(=O)OCc1ccccc1)[C@H]1CC[C@H](c2ncc3c(Cl)nccn32)CC1. The Kier molecular flexibility index (Phi) is 7.04. The van der Waals surface area contributed by atoms with Gasteiger partial charge in [0, 0.05) is 38.0 Å². The molecule has 0 bridgehead atoms. The largest absolute Gasteiger partial charge is 0.445 e. The van der Waals surface area contributed by atoms with E-state index in [9.17, 15) is 4.79 Å². The van der Waals surface area contributed by atoms with Crippen LogP contribution in [0.1, 0.15) is 43.0 Å². The van der Waals surface area contributed by atoms with Crippen molar-refractivity contribution in [1.82, 2.24) is 19.3 Å². The molecule has 2 heterocycles. The van der Waals surface area contributed by atoms with Gasteiger partial charge < -0.3 is 14.4 Å². The molecule has 1 aromatic carbocycles. The van der Waals surface area contributed by atoms with Gasteiger partial charge in [-0.1, -0.05) is 41.9 Å². The molecule has 164 valence electrons. The van der Waals surface area contributed by atoms with Gasteiger partial charge in [-0.15, -0.1) is 0 Å². The van der Waals surface area contributed by atoms with E-state index >= 15 is 0 Å². The van der Waals surface area contributed by atoms with Crippen molar-refractivity contribution in [2.75, 3.05) is 20.3 Å². The van der Waals surface area contributed by atoms with Gasteiger partial charge in [-0.3, -0.25) is 4.40 Å². The van der Waals surface area contributed by atoms with Gasteiger partial charge in [-0.2, -0.15) is 0 Å². The van der Waals surface area contributed by atoms with Gasteiger partial charge >= 0.3 is 6.09 Å². The first-order valence-electron chi connectivity index (χ1n) is 10.6. The van der Waals surface area contributed by atoms with Crippen LogP contribution in [-0.4, -0.2) is 51.7 Å². The van der Waals surface area contributed by atoms with Gasteiger partial charge in [0.05, 0.1) is 12.8 Å². The minimum Gasteiger partial charge on any atom is -0.445 e. The molecule has 0 aliphatic heterocycles. The molecule has 0 unspecified atom stereocenters. The summed E-state index contributed by atoms with van der Waals surface area (Å²) < 4.78 is 12.9. The van der Waals surface area contributed by atoms with Crippen molar-refractivity contribution in [3.8, 4) is 0 Å². The molecule has 3 aromatic rings. The van der Waals surface area contributed by atoms with Crippen molar-refractivity contribution in [1.29, 1.82) is 0 Å². The standard InChI is InChI=1S/C23H27ClN4O3/c1-30-14-13-27(23(29)31-16-17-5-3-2-4-6-17)19-9-7-18(8-10-19)22-26-15-20-21(24)25-11-12-28(20)22/h2-6,11-12,15,18-19H,7-10,13-14,16H2,1H3/t18-,19-. The molecule has 0 spiro atoms. The van der Waals surface area contributed by atoms with E-state index in [-0.39, 0.29) is 18.7 Å². The van der Waals surface area contributed by atoms with Crippen molar-refractivity contribution >= 4 is 23.2 Å². The highest BCUT2D eigenvalue weighted by molar-refractivity contribution is 6.32. The average molecular weight is 443 g/mol. The molecular formula is C23H27ClN4O3. The number of amides is 1. The lowest BCUT2D eigenvalue weighted by atomic mass is 9.85. The molecule has 31 heavy (non-hydrogen) atoms. The molecule has 1 aliphatic rings. The molecule has 8 heteroatoms. The summed E-state index contributed by atoms with van der Waals surface area (Å²) in [7, 11) is 1.65. The summed E-state index contributed by atoms with van der Waals surface area (Å²) >= 11 is 6.19. The van der Waals surface area contributed by atoms with Crippen LogP contribution in [0, 0.1) is 0 Å². The third-order valence-corrected chi connectivity index (χ3v) is 6.21. The summed E-state index contributed by atoms with van der Waals surface area (Å²) in [6, 6.07) is 9.86. The lowest BCUT2D eigenvalue weighted by Gasteiger charge is -2.36. The highest BCUT2D eigenvalue weighted by atomic mass is 35.5. The van der Waals surface area contributed by atoms with Crippen LogP contribution in [0.15, 0.2) is 48.9 Å². The fourth-order valence-corrected chi connectivity index (χ4v) is 4.47. The first-order chi connectivity index (χ1) is 15.2. The summed E-state index contributed by atoms with van der Waals surface area (Å²) in [5.74, 6) is 1.33. The van der Waals surface area contributed by atoms with E-state index in [4.69, 9.17) is 21.1 Å². The molecule has 0 saturated heterocycles. The summed E-state index contributed by atoms with van der Waals surface area (Å²) in [5, 5.41) is 0.460. The molecule has 0 atom stereocenters. The molecule has 2 aromatic heterocycles. The van der Waals surface area contributed by atoms with Crippen molar-refractivity contribution in [3.05, 3.63) is 65.5 Å². The van der Waals surface area contributed by atoms with Crippen molar-refractivity contribution < 1.29 is 14.3 Å². The van der Waals surface area contributed by atoms with Crippen LogP contribution in [0.4, 0.5) is 4.79 Å². The van der Waals surface area contributed by atoms with E-state index in [1.54, 1.807) is 19.5 Å². The molecule has 0 N–H and O–H groups in total. The zero-order chi connectivity index (χ0) is 21.6. The molecule has 7 nitrogen and oxygen atoms in total. The summed E-state index contributed by atoms with van der Waals surface area (Å²) in [4.78, 5) is 23.4. The zero-order valence-corrected chi connectivity index (χ0v) is 18.4. The molecular weight excluding hydrogens is 416 g/mol. The third-order valence-electron chi connectivity index (χ3n) is 5.92. The lowest BCUT2D eigenvalue weighted by Crippen LogP contribution is -2.44. The van der Waals surface area contributed by atoms with Gasteiger partial charge in [-0.25, -0.2) is 14.8 Å². The molecule has 4 rings (SSSR count). The van der Waals surface area contributed by atoms with E-state index in [1.165, 1.54) is 0 Å². The Morgan fingerprint density at radius 1 is 1.19 bits per heavy atom. The van der Waals surface area contributed by atoms with E-state index in [1.807, 2.05) is 45.8 Å². The van der Waals surface area contributed by atoms with Crippen LogP contribution in [0.3, 0.4) is 0 Å². The quantitative estimate of drug-likeness (QED) is 0.530. The number of ether oxygens (including phenoxy) is 2. The summed E-state index contributed by atoms with van der Waals surface area (Å²) in [5.41, 5.74) is 1.80. The highest BCUT2D eigenvalue weighted by Gasteiger charge is 2.31. The number of nitrogens with zero attached hydrogens (tertiary/aromatic N) is 4. The fourth-order valence-electron chi connectivity index (χ4n) is 4.28. The van der Waals surface area contributed by atoms with Gasteiger partial charge in [0.15, 0.2) is 5.15 Å². The molecule has 0 radical (unpaired) electrons. The van der Waals surface area contributed by atoms with Crippen LogP contribution in [-0.2, 0) is 16.1 Å². The van der Waals surface area contributed by atoms with Gasteiger partial charge in [0.1, 0.15) is 17.9 Å². The monoisotopic (exact) mass is 442 g/mol. The number of imidazole rings is 1. The minimum atomic E-state index is -0.284. The molecule has 1 aliphatic carbocycles. The predicted octanol–water partition coefficient (Wildman–Crippen LogP) is 4.69. The Labute approximate surface area is 187 Å². The first-order valence-corrected chi connectivity index (χ1v) is 11.0. The highest BCUT2D eigenvalue weighted by Crippen LogP contribution is 2.35. The number of aromatic nitrogens is 3. The van der Waals surface area contributed by atoms with Crippen molar-refractivity contribution in [2.24, 2.45) is 0 Å².